The van der Waals surface area contributed by atoms with Crippen LogP contribution in [0.1, 0.15) is 102 Å². The number of benzene rings is 4. The Balaban J connectivity index is 0.785. The highest BCUT2D eigenvalue weighted by atomic mass is 32.1. The second-order valence-corrected chi connectivity index (χ2v) is 21.3. The van der Waals surface area contributed by atoms with Gasteiger partial charge in [0.2, 0.25) is 17.7 Å². The summed E-state index contributed by atoms with van der Waals surface area (Å²) < 4.78 is 15.2. The van der Waals surface area contributed by atoms with E-state index in [0.29, 0.717) is 77.7 Å². The summed E-state index contributed by atoms with van der Waals surface area (Å²) in [5.41, 5.74) is 7.22. The molecule has 3 aliphatic heterocycles. The van der Waals surface area contributed by atoms with Crippen LogP contribution in [0, 0.1) is 12.8 Å². The minimum absolute atomic E-state index is 0.110. The molecule has 17 heteroatoms. The molecule has 0 radical (unpaired) electrons. The van der Waals surface area contributed by atoms with Gasteiger partial charge in [-0.05, 0) is 149 Å². The van der Waals surface area contributed by atoms with Gasteiger partial charge in [-0.3, -0.25) is 39.4 Å². The van der Waals surface area contributed by atoms with Crippen molar-refractivity contribution >= 4 is 78.7 Å². The largest absolute Gasteiger partial charge is 0.493 e. The molecule has 1 unspecified atom stereocenters. The molecule has 2 saturated heterocycles. The predicted octanol–water partition coefficient (Wildman–Crippen LogP) is 8.96. The monoisotopic (exact) mass is 1000 g/mol. The first-order valence-corrected chi connectivity index (χ1v) is 25.8. The van der Waals surface area contributed by atoms with Crippen LogP contribution < -0.4 is 25.6 Å². The highest BCUT2D eigenvalue weighted by Gasteiger charge is 2.33. The Kier molecular flexibility index (Phi) is 13.8. The number of ether oxygens (including phenoxy) is 2. The number of carbonyl (C=O) groups excluding carboxylic acids is 5. The number of imide groups is 1. The van der Waals surface area contributed by atoms with Gasteiger partial charge < -0.3 is 19.7 Å². The quantitative estimate of drug-likeness (QED) is 0.0736. The fourth-order valence-electron chi connectivity index (χ4n) is 10.3. The Morgan fingerprint density at radius 2 is 1.73 bits per heavy atom. The number of esters is 1. The molecule has 6 heterocycles. The molecule has 376 valence electrons. The van der Waals surface area contributed by atoms with Crippen LogP contribution in [-0.4, -0.2) is 92.6 Å². The number of anilines is 3. The molecule has 0 spiro atoms. The Hall–Kier alpha value is -7.50. The summed E-state index contributed by atoms with van der Waals surface area (Å²) >= 11 is 1.44. The molecule has 0 bridgehead atoms. The van der Waals surface area contributed by atoms with E-state index in [-0.39, 0.29) is 42.3 Å². The average Bonchev–Trinajstić information content (AvgIpc) is 3.92. The minimum atomic E-state index is -0.762. The maximum absolute atomic E-state index is 14.1. The fraction of sp³-hybridized carbons (Fsp3) is 0.357. The summed E-state index contributed by atoms with van der Waals surface area (Å²) in [7, 11) is 1.81. The zero-order chi connectivity index (χ0) is 51.0. The number of piperidine rings is 2. The zero-order valence-electron chi connectivity index (χ0n) is 41.7. The van der Waals surface area contributed by atoms with E-state index in [9.17, 15) is 24.0 Å². The number of nitrogens with one attached hydrogen (secondary N) is 3. The molecule has 10 rings (SSSR count). The van der Waals surface area contributed by atoms with Crippen molar-refractivity contribution in [1.82, 2.24) is 30.0 Å². The number of pyridine rings is 1. The van der Waals surface area contributed by atoms with Crippen LogP contribution >= 0.6 is 11.3 Å². The van der Waals surface area contributed by atoms with E-state index < -0.39 is 17.5 Å². The molecule has 7 aromatic rings. The zero-order valence-corrected chi connectivity index (χ0v) is 42.6. The van der Waals surface area contributed by atoms with Crippen LogP contribution in [-0.2, 0) is 39.1 Å². The predicted molar refractivity (Wildman–Crippen MR) is 282 cm³/mol. The summed E-state index contributed by atoms with van der Waals surface area (Å²) in [6.07, 6.45) is 4.18. The summed E-state index contributed by atoms with van der Waals surface area (Å²) in [4.78, 5) is 79.5. The van der Waals surface area contributed by atoms with E-state index in [1.54, 1.807) is 11.7 Å². The van der Waals surface area contributed by atoms with Crippen molar-refractivity contribution in [2.75, 3.05) is 48.3 Å². The summed E-state index contributed by atoms with van der Waals surface area (Å²) in [5, 5.41) is 14.5. The van der Waals surface area contributed by atoms with Crippen LogP contribution in [0.25, 0.3) is 32.2 Å². The number of nitrogens with zero attached hydrogens (tertiary/aromatic N) is 6. The number of carbonyl (C=O) groups is 5. The molecular formula is C56H59N9O7S. The molecule has 4 amide bonds. The molecule has 73 heavy (non-hydrogen) atoms. The van der Waals surface area contributed by atoms with Crippen molar-refractivity contribution in [1.29, 1.82) is 0 Å². The lowest BCUT2D eigenvalue weighted by Crippen LogP contribution is -2.40. The Bertz CT molecular complexity index is 3270. The summed E-state index contributed by atoms with van der Waals surface area (Å²) in [5.74, 6) is -0.321. The lowest BCUT2D eigenvalue weighted by Gasteiger charge is -2.32. The van der Waals surface area contributed by atoms with Crippen LogP contribution in [0.5, 0.6) is 5.75 Å². The van der Waals surface area contributed by atoms with E-state index in [0.717, 1.165) is 75.7 Å². The number of likely N-dealkylation sites (tertiary alicyclic amines) is 1. The third kappa shape index (κ3) is 10.8. The SMILES string of the molecule is Cc1c(OCC[C@@H]2CCCN(CC(=O)Nc3ccc4c(C5CCC(=O)NC5=O)nn(C)c4c3)C2)cccc1-c1ccc(N2CCc3cccc(C(=O)Nc4nc5ccccc5s4)c3C2)nc1C(=O)OC(C)(C)C. The fourth-order valence-corrected chi connectivity index (χ4v) is 11.2. The normalized spacial score (nSPS) is 17.3. The minimum Gasteiger partial charge on any atom is -0.493 e. The first-order chi connectivity index (χ1) is 35.1. The second kappa shape index (κ2) is 20.5. The highest BCUT2D eigenvalue weighted by Crippen LogP contribution is 2.37. The lowest BCUT2D eigenvalue weighted by molar-refractivity contribution is -0.134. The van der Waals surface area contributed by atoms with Gasteiger partial charge in [0.1, 0.15) is 17.2 Å². The summed E-state index contributed by atoms with van der Waals surface area (Å²) in [6, 6.07) is 28.9. The van der Waals surface area contributed by atoms with E-state index in [1.807, 2.05) is 113 Å². The smallest absolute Gasteiger partial charge is 0.358 e. The average molecular weight is 1000 g/mol. The number of hydrogen-bond acceptors (Lipinski definition) is 13. The van der Waals surface area contributed by atoms with Crippen molar-refractivity contribution in [3.05, 3.63) is 125 Å². The van der Waals surface area contributed by atoms with Crippen molar-refractivity contribution in [2.45, 2.75) is 84.3 Å². The van der Waals surface area contributed by atoms with Crippen LogP contribution in [0.4, 0.5) is 16.6 Å². The molecule has 0 saturated carbocycles. The maximum Gasteiger partial charge on any atom is 0.358 e. The number of para-hydroxylation sites is 1. The third-order valence-electron chi connectivity index (χ3n) is 13.9. The molecule has 2 fully saturated rings. The van der Waals surface area contributed by atoms with E-state index in [1.165, 1.54) is 11.3 Å². The van der Waals surface area contributed by atoms with Crippen LogP contribution in [0.2, 0.25) is 0 Å². The number of aromatic nitrogens is 4. The summed E-state index contributed by atoms with van der Waals surface area (Å²) in [6.45, 7) is 10.9. The third-order valence-corrected chi connectivity index (χ3v) is 14.8. The van der Waals surface area contributed by atoms with Gasteiger partial charge in [0.25, 0.3) is 5.91 Å². The molecule has 3 N–H and O–H groups in total. The van der Waals surface area contributed by atoms with Gasteiger partial charge in [-0.25, -0.2) is 14.8 Å². The van der Waals surface area contributed by atoms with Gasteiger partial charge in [-0.15, -0.1) is 0 Å². The van der Waals surface area contributed by atoms with Gasteiger partial charge >= 0.3 is 5.97 Å². The van der Waals surface area contributed by atoms with E-state index >= 15 is 0 Å². The van der Waals surface area contributed by atoms with Gasteiger partial charge in [0, 0.05) is 55.3 Å². The number of amides is 4. The van der Waals surface area contributed by atoms with Crippen molar-refractivity contribution in [3.8, 4) is 16.9 Å². The Morgan fingerprint density at radius 1 is 0.890 bits per heavy atom. The number of hydrogen-bond donors (Lipinski definition) is 3. The standard InChI is InChI=1S/C56H59N9O7S/c1-33-37(13-9-16-45(33)71-28-25-34-11-10-26-64(30-34)32-49(67)57-36-18-19-40-44(29-36)63(5)62-50(40)41-21-23-48(66)60-53(41)69)38-20-22-47(59-51(38)54(70)72-56(2,3)4)65-27-24-35-12-8-14-39(42(35)31-65)52(68)61-55-58-43-15-6-7-17-46(43)73-55/h6-9,12-20,22,29,34,41H,10-11,21,23-28,30-32H2,1-5H3,(H,57,67)(H,58,61,68)(H,60,66,69)/t34-,41?/m0/s1. The van der Waals surface area contributed by atoms with Crippen molar-refractivity contribution < 1.29 is 33.4 Å². The number of fused-ring (bicyclic) bond motifs is 3. The molecule has 16 nitrogen and oxygen atoms in total. The van der Waals surface area contributed by atoms with E-state index in [4.69, 9.17) is 14.5 Å². The lowest BCUT2D eigenvalue weighted by atomic mass is 9.93. The van der Waals surface area contributed by atoms with Crippen molar-refractivity contribution in [3.63, 3.8) is 0 Å². The highest BCUT2D eigenvalue weighted by molar-refractivity contribution is 7.22. The Morgan fingerprint density at radius 3 is 2.55 bits per heavy atom. The number of thiazole rings is 1. The molecule has 3 aliphatic rings. The van der Waals surface area contributed by atoms with Crippen LogP contribution in [0.15, 0.2) is 91.0 Å². The number of aryl methyl sites for hydroxylation is 1. The second-order valence-electron chi connectivity index (χ2n) is 20.2. The van der Waals surface area contributed by atoms with Gasteiger partial charge in [-0.1, -0.05) is 47.7 Å². The topological polar surface area (TPSA) is 190 Å². The molecule has 3 aromatic heterocycles. The van der Waals surface area contributed by atoms with Crippen LogP contribution in [0.3, 0.4) is 0 Å². The first-order valence-electron chi connectivity index (χ1n) is 25.0. The van der Waals surface area contributed by atoms with Gasteiger partial charge in [-0.2, -0.15) is 5.10 Å². The van der Waals surface area contributed by atoms with E-state index in [2.05, 4.69) is 41.9 Å². The molecule has 2 atom stereocenters. The molecule has 0 aliphatic carbocycles. The van der Waals surface area contributed by atoms with Gasteiger partial charge in [0.05, 0.1) is 40.5 Å². The van der Waals surface area contributed by atoms with Crippen molar-refractivity contribution in [2.24, 2.45) is 13.0 Å². The first kappa shape index (κ1) is 49.1. The molecule has 4 aromatic carbocycles. The Labute approximate surface area is 427 Å². The maximum atomic E-state index is 14.1. The van der Waals surface area contributed by atoms with Gasteiger partial charge in [0.15, 0.2) is 10.8 Å². The molecular weight excluding hydrogens is 943 g/mol. The number of rotatable bonds is 13.